The van der Waals surface area contributed by atoms with E-state index < -0.39 is 25.8 Å². The first-order chi connectivity index (χ1) is 9.84. The molecule has 0 spiro atoms. The van der Waals surface area contributed by atoms with Gasteiger partial charge in [0.2, 0.25) is 0 Å². The largest absolute Gasteiger partial charge is 0.575 e. The highest BCUT2D eigenvalue weighted by Gasteiger charge is 2.23. The summed E-state index contributed by atoms with van der Waals surface area (Å²) in [5.41, 5.74) is -0.571. The van der Waals surface area contributed by atoms with E-state index in [2.05, 4.69) is 4.74 Å². The van der Waals surface area contributed by atoms with Crippen molar-refractivity contribution in [1.29, 1.82) is 0 Å². The molecule has 0 saturated carbocycles. The Hall–Kier alpha value is -1.49. The molecule has 2 atom stereocenters. The molecule has 0 N–H and O–H groups in total. The molecule has 0 radical (unpaired) electrons. The molecule has 0 amide bonds. The molecule has 0 saturated heterocycles. The van der Waals surface area contributed by atoms with Crippen molar-refractivity contribution in [2.45, 2.75) is 32.4 Å². The third kappa shape index (κ3) is 6.67. The lowest BCUT2D eigenvalue weighted by atomic mass is 10.1. The molecule has 1 aromatic carbocycles. The summed E-state index contributed by atoms with van der Waals surface area (Å²) in [6.07, 6.45) is 0. The third-order valence-corrected chi connectivity index (χ3v) is 3.55. The highest BCUT2D eigenvalue weighted by Crippen LogP contribution is 2.23. The van der Waals surface area contributed by atoms with Crippen molar-refractivity contribution in [3.8, 4) is 5.75 Å². The van der Waals surface area contributed by atoms with Crippen LogP contribution in [0.1, 0.15) is 20.8 Å². The van der Waals surface area contributed by atoms with E-state index in [1.54, 1.807) is 38.1 Å². The molecule has 0 aliphatic carbocycles. The minimum Gasteiger partial charge on any atom is -0.575 e. The summed E-state index contributed by atoms with van der Waals surface area (Å²) < 4.78 is 19.1. The second-order valence-electron chi connectivity index (χ2n) is 5.01. The van der Waals surface area contributed by atoms with Crippen LogP contribution in [0, 0.1) is 0 Å². The summed E-state index contributed by atoms with van der Waals surface area (Å²) in [7, 11) is -0.794. The topological polar surface area (TPSA) is 80.2 Å². The first-order valence-electron chi connectivity index (χ1n) is 6.47. The van der Waals surface area contributed by atoms with Crippen molar-refractivity contribution in [2.24, 2.45) is 4.74 Å². The van der Waals surface area contributed by atoms with E-state index in [1.807, 2.05) is 6.07 Å². The lowest BCUT2D eigenvalue weighted by molar-refractivity contribution is -0.170. The molecule has 0 fully saturated rings. The van der Waals surface area contributed by atoms with Crippen LogP contribution in [0.15, 0.2) is 35.1 Å². The predicted octanol–water partition coefficient (Wildman–Crippen LogP) is 2.28. The SMILES string of the molecule is COC(C)(C)COC(=O)[C@H](C)N=[P+]([O-])Oc1ccccc1. The zero-order chi connectivity index (χ0) is 15.9. The van der Waals surface area contributed by atoms with Gasteiger partial charge in [0.15, 0.2) is 11.8 Å². The summed E-state index contributed by atoms with van der Waals surface area (Å²) in [6, 6.07) is 7.77. The Kier molecular flexibility index (Phi) is 6.75. The normalized spacial score (nSPS) is 13.7. The van der Waals surface area contributed by atoms with Gasteiger partial charge in [-0.1, -0.05) is 22.9 Å². The van der Waals surface area contributed by atoms with Gasteiger partial charge < -0.3 is 14.4 Å². The van der Waals surface area contributed by atoms with Crippen molar-refractivity contribution in [3.63, 3.8) is 0 Å². The smallest absolute Gasteiger partial charge is 0.395 e. The number of esters is 1. The minimum absolute atomic E-state index is 0.0958. The average Bonchev–Trinajstić information content (AvgIpc) is 2.45. The van der Waals surface area contributed by atoms with Crippen LogP contribution in [0.2, 0.25) is 0 Å². The number of para-hydroxylation sites is 1. The van der Waals surface area contributed by atoms with Crippen LogP contribution < -0.4 is 9.42 Å². The van der Waals surface area contributed by atoms with Crippen LogP contribution in [0.25, 0.3) is 0 Å². The molecular weight excluding hydrogens is 293 g/mol. The molecular formula is C14H20NO5P. The molecule has 0 aromatic heterocycles. The monoisotopic (exact) mass is 313 g/mol. The van der Waals surface area contributed by atoms with Crippen molar-refractivity contribution in [1.82, 2.24) is 0 Å². The van der Waals surface area contributed by atoms with Gasteiger partial charge in [-0.3, -0.25) is 4.52 Å². The summed E-state index contributed by atoms with van der Waals surface area (Å²) >= 11 is 0. The van der Waals surface area contributed by atoms with Crippen molar-refractivity contribution in [2.75, 3.05) is 13.7 Å². The van der Waals surface area contributed by atoms with Gasteiger partial charge in [0.25, 0.3) is 0 Å². The average molecular weight is 313 g/mol. The minimum atomic E-state index is -2.33. The Morgan fingerprint density at radius 2 is 2.00 bits per heavy atom. The number of nitrogens with zero attached hydrogens (tertiary/aromatic N) is 1. The van der Waals surface area contributed by atoms with E-state index in [9.17, 15) is 9.69 Å². The Morgan fingerprint density at radius 3 is 2.57 bits per heavy atom. The fraction of sp³-hybridized carbons (Fsp3) is 0.500. The standard InChI is InChI=1S/C14H20NO5P/c1-11(13(16)19-10-14(2,3)18-4)15-21(17)20-12-8-6-5-7-9-12/h5-9,11H,10H2,1-4H3/t11-/m0/s1. The molecule has 1 aromatic rings. The molecule has 7 heteroatoms. The van der Waals surface area contributed by atoms with Crippen LogP contribution in [0.5, 0.6) is 5.75 Å². The number of ether oxygens (including phenoxy) is 2. The quantitative estimate of drug-likeness (QED) is 0.570. The maximum absolute atomic E-state index is 11.7. The first-order valence-corrected chi connectivity index (χ1v) is 7.60. The van der Waals surface area contributed by atoms with Crippen molar-refractivity contribution in [3.05, 3.63) is 30.3 Å². The van der Waals surface area contributed by atoms with Gasteiger partial charge in [0.1, 0.15) is 6.61 Å². The summed E-state index contributed by atoms with van der Waals surface area (Å²) in [4.78, 5) is 23.4. The molecule has 21 heavy (non-hydrogen) atoms. The van der Waals surface area contributed by atoms with Crippen LogP contribution >= 0.6 is 8.17 Å². The summed E-state index contributed by atoms with van der Waals surface area (Å²) in [5.74, 6) is -0.136. The van der Waals surface area contributed by atoms with E-state index in [0.29, 0.717) is 5.75 Å². The maximum atomic E-state index is 11.7. The Bertz CT molecular complexity index is 489. The Balaban J connectivity index is 2.52. The fourth-order valence-electron chi connectivity index (χ4n) is 1.21. The zero-order valence-electron chi connectivity index (χ0n) is 12.6. The van der Waals surface area contributed by atoms with Crippen LogP contribution in [0.3, 0.4) is 0 Å². The molecule has 0 bridgehead atoms. The van der Waals surface area contributed by atoms with E-state index >= 15 is 0 Å². The second-order valence-corrected chi connectivity index (χ2v) is 5.89. The first kappa shape index (κ1) is 17.6. The second kappa shape index (κ2) is 8.08. The Labute approximate surface area is 125 Å². The van der Waals surface area contributed by atoms with Gasteiger partial charge in [-0.05, 0) is 32.9 Å². The molecule has 0 aliphatic heterocycles. The Morgan fingerprint density at radius 1 is 1.38 bits per heavy atom. The number of hydrogen-bond donors (Lipinski definition) is 0. The van der Waals surface area contributed by atoms with Crippen molar-refractivity contribution >= 4 is 14.1 Å². The van der Waals surface area contributed by atoms with Gasteiger partial charge in [0, 0.05) is 7.11 Å². The van der Waals surface area contributed by atoms with Gasteiger partial charge >= 0.3 is 14.1 Å². The maximum Gasteiger partial charge on any atom is 0.395 e. The van der Waals surface area contributed by atoms with Crippen LogP contribution in [0.4, 0.5) is 0 Å². The number of carbonyl (C=O) groups excluding carboxylic acids is 1. The van der Waals surface area contributed by atoms with Crippen LogP contribution in [-0.2, 0) is 14.3 Å². The fourth-order valence-corrected chi connectivity index (χ4v) is 1.93. The van der Waals surface area contributed by atoms with E-state index in [1.165, 1.54) is 14.0 Å². The van der Waals surface area contributed by atoms with Crippen LogP contribution in [-0.4, -0.2) is 31.3 Å². The van der Waals surface area contributed by atoms with Gasteiger partial charge in [0.05, 0.1) is 5.60 Å². The number of hydrogen-bond acceptors (Lipinski definition) is 6. The molecule has 6 nitrogen and oxygen atoms in total. The molecule has 116 valence electrons. The summed E-state index contributed by atoms with van der Waals surface area (Å²) in [6.45, 7) is 5.18. The zero-order valence-corrected chi connectivity index (χ0v) is 13.5. The molecule has 1 rings (SSSR count). The third-order valence-electron chi connectivity index (χ3n) is 2.65. The van der Waals surface area contributed by atoms with E-state index in [-0.39, 0.29) is 6.61 Å². The van der Waals surface area contributed by atoms with Gasteiger partial charge in [-0.25, -0.2) is 4.79 Å². The number of methoxy groups -OCH3 is 1. The highest BCUT2D eigenvalue weighted by molar-refractivity contribution is 7.34. The lowest BCUT2D eigenvalue weighted by Crippen LogP contribution is -2.32. The summed E-state index contributed by atoms with van der Waals surface area (Å²) in [5, 5.41) is 0. The molecule has 1 unspecified atom stereocenters. The van der Waals surface area contributed by atoms with Gasteiger partial charge in [-0.2, -0.15) is 0 Å². The molecule has 0 heterocycles. The predicted molar refractivity (Wildman–Crippen MR) is 77.9 cm³/mol. The number of rotatable bonds is 7. The van der Waals surface area contributed by atoms with Gasteiger partial charge in [-0.15, -0.1) is 0 Å². The van der Waals surface area contributed by atoms with E-state index in [0.717, 1.165) is 0 Å². The van der Waals surface area contributed by atoms with E-state index in [4.69, 9.17) is 14.0 Å². The van der Waals surface area contributed by atoms with Crippen molar-refractivity contribution < 1.29 is 23.7 Å². The number of carbonyl (C=O) groups is 1. The lowest BCUT2D eigenvalue weighted by Gasteiger charge is -2.22. The number of benzene rings is 1. The molecule has 0 aliphatic rings. The highest BCUT2D eigenvalue weighted by atomic mass is 31.1.